The van der Waals surface area contributed by atoms with Crippen molar-refractivity contribution < 1.29 is 9.72 Å². The van der Waals surface area contributed by atoms with Gasteiger partial charge in [-0.1, -0.05) is 6.07 Å². The standard InChI is InChI=1S/C15H13N3O3S/c1-10-11(4-2-5-12(10)18(20)21)15(19)17-8-9-22-14-13(17)6-3-7-16-14/h2-7H,8-9H2,1H3. The van der Waals surface area contributed by atoms with Gasteiger partial charge in [-0.05, 0) is 25.1 Å². The van der Waals surface area contributed by atoms with E-state index in [1.165, 1.54) is 6.07 Å². The normalized spacial score (nSPS) is 13.6. The van der Waals surface area contributed by atoms with Gasteiger partial charge in [0.15, 0.2) is 0 Å². The van der Waals surface area contributed by atoms with E-state index >= 15 is 0 Å². The maximum absolute atomic E-state index is 12.8. The van der Waals surface area contributed by atoms with Gasteiger partial charge in [0.2, 0.25) is 0 Å². The SMILES string of the molecule is Cc1c(C(=O)N2CCSc3ncccc32)cccc1[N+](=O)[O-]. The van der Waals surface area contributed by atoms with Crippen LogP contribution in [-0.4, -0.2) is 28.1 Å². The number of nitrogens with zero attached hydrogens (tertiary/aromatic N) is 3. The molecule has 0 spiro atoms. The molecule has 2 heterocycles. The van der Waals surface area contributed by atoms with Crippen LogP contribution >= 0.6 is 11.8 Å². The van der Waals surface area contributed by atoms with E-state index in [0.29, 0.717) is 17.7 Å². The number of amides is 1. The van der Waals surface area contributed by atoms with Crippen molar-refractivity contribution in [3.63, 3.8) is 0 Å². The number of nitro groups is 1. The first-order valence-corrected chi connectivity index (χ1v) is 7.72. The number of anilines is 1. The topological polar surface area (TPSA) is 76.3 Å². The van der Waals surface area contributed by atoms with Gasteiger partial charge < -0.3 is 4.90 Å². The van der Waals surface area contributed by atoms with Gasteiger partial charge in [-0.3, -0.25) is 14.9 Å². The van der Waals surface area contributed by atoms with Crippen LogP contribution in [0.15, 0.2) is 41.6 Å². The second kappa shape index (κ2) is 5.76. The average molecular weight is 315 g/mol. The predicted octanol–water partition coefficient (Wildman–Crippen LogP) is 3.05. The number of carbonyl (C=O) groups is 1. The monoisotopic (exact) mass is 315 g/mol. The predicted molar refractivity (Wildman–Crippen MR) is 84.5 cm³/mol. The van der Waals surface area contributed by atoms with Crippen LogP contribution in [0.4, 0.5) is 11.4 Å². The molecule has 0 bridgehead atoms. The molecular weight excluding hydrogens is 302 g/mol. The summed E-state index contributed by atoms with van der Waals surface area (Å²) in [6, 6.07) is 8.21. The highest BCUT2D eigenvalue weighted by molar-refractivity contribution is 7.99. The van der Waals surface area contributed by atoms with E-state index in [-0.39, 0.29) is 11.6 Å². The van der Waals surface area contributed by atoms with Crippen LogP contribution in [-0.2, 0) is 0 Å². The van der Waals surface area contributed by atoms with Crippen LogP contribution in [0, 0.1) is 17.0 Å². The highest BCUT2D eigenvalue weighted by atomic mass is 32.2. The van der Waals surface area contributed by atoms with Crippen LogP contribution in [0.25, 0.3) is 0 Å². The molecule has 0 N–H and O–H groups in total. The summed E-state index contributed by atoms with van der Waals surface area (Å²) in [5, 5.41) is 11.8. The molecule has 0 fully saturated rings. The minimum atomic E-state index is -0.465. The summed E-state index contributed by atoms with van der Waals surface area (Å²) >= 11 is 1.60. The van der Waals surface area contributed by atoms with Crippen molar-refractivity contribution in [2.24, 2.45) is 0 Å². The fraction of sp³-hybridized carbons (Fsp3) is 0.200. The number of aromatic nitrogens is 1. The van der Waals surface area contributed by atoms with Crippen molar-refractivity contribution in [1.82, 2.24) is 4.98 Å². The number of nitro benzene ring substituents is 1. The summed E-state index contributed by atoms with van der Waals surface area (Å²) in [4.78, 5) is 29.3. The third-order valence-electron chi connectivity index (χ3n) is 3.57. The van der Waals surface area contributed by atoms with Crippen molar-refractivity contribution in [3.05, 3.63) is 57.8 Å². The van der Waals surface area contributed by atoms with Crippen LogP contribution in [0.5, 0.6) is 0 Å². The molecule has 1 aromatic heterocycles. The first-order valence-electron chi connectivity index (χ1n) is 6.73. The first kappa shape index (κ1) is 14.5. The Bertz CT molecular complexity index is 763. The van der Waals surface area contributed by atoms with Gasteiger partial charge in [-0.2, -0.15) is 0 Å². The quantitative estimate of drug-likeness (QED) is 0.629. The third kappa shape index (κ3) is 2.43. The van der Waals surface area contributed by atoms with Gasteiger partial charge in [-0.25, -0.2) is 4.98 Å². The van der Waals surface area contributed by atoms with Gasteiger partial charge in [0.05, 0.1) is 10.6 Å². The molecule has 7 heteroatoms. The Labute approximate surface area is 131 Å². The molecule has 1 aliphatic heterocycles. The Balaban J connectivity index is 2.03. The van der Waals surface area contributed by atoms with Gasteiger partial charge >= 0.3 is 0 Å². The van der Waals surface area contributed by atoms with E-state index < -0.39 is 4.92 Å². The Kier molecular flexibility index (Phi) is 3.81. The van der Waals surface area contributed by atoms with Crippen molar-refractivity contribution in [2.45, 2.75) is 11.9 Å². The zero-order valence-electron chi connectivity index (χ0n) is 11.9. The van der Waals surface area contributed by atoms with Gasteiger partial charge in [0.1, 0.15) is 5.03 Å². The third-order valence-corrected chi connectivity index (χ3v) is 4.55. The summed E-state index contributed by atoms with van der Waals surface area (Å²) in [5.41, 5.74) is 1.47. The lowest BCUT2D eigenvalue weighted by atomic mass is 10.1. The fourth-order valence-electron chi connectivity index (χ4n) is 2.46. The largest absolute Gasteiger partial charge is 0.305 e. The summed E-state index contributed by atoms with van der Waals surface area (Å²) < 4.78 is 0. The molecule has 22 heavy (non-hydrogen) atoms. The highest BCUT2D eigenvalue weighted by Gasteiger charge is 2.27. The lowest BCUT2D eigenvalue weighted by Gasteiger charge is -2.28. The minimum Gasteiger partial charge on any atom is -0.305 e. The Morgan fingerprint density at radius 1 is 1.36 bits per heavy atom. The highest BCUT2D eigenvalue weighted by Crippen LogP contribution is 2.34. The molecule has 0 radical (unpaired) electrons. The maximum Gasteiger partial charge on any atom is 0.273 e. The average Bonchev–Trinajstić information content (AvgIpc) is 2.53. The van der Waals surface area contributed by atoms with Crippen LogP contribution in [0.3, 0.4) is 0 Å². The second-order valence-corrected chi connectivity index (χ2v) is 5.92. The fourth-order valence-corrected chi connectivity index (χ4v) is 3.39. The molecule has 2 aromatic rings. The molecule has 3 rings (SSSR count). The summed E-state index contributed by atoms with van der Waals surface area (Å²) in [5.74, 6) is 0.528. The zero-order chi connectivity index (χ0) is 15.7. The molecule has 0 atom stereocenters. The summed E-state index contributed by atoms with van der Waals surface area (Å²) in [6.45, 7) is 2.17. The molecular formula is C15H13N3O3S. The molecule has 0 unspecified atom stereocenters. The lowest BCUT2D eigenvalue weighted by molar-refractivity contribution is -0.385. The summed E-state index contributed by atoms with van der Waals surface area (Å²) in [7, 11) is 0. The number of carbonyl (C=O) groups excluding carboxylic acids is 1. The molecule has 1 amide bonds. The van der Waals surface area contributed by atoms with E-state index in [0.717, 1.165) is 16.5 Å². The number of benzene rings is 1. The number of hydrogen-bond donors (Lipinski definition) is 0. The molecule has 0 saturated carbocycles. The molecule has 1 aromatic carbocycles. The Morgan fingerprint density at radius 3 is 2.95 bits per heavy atom. The van der Waals surface area contributed by atoms with Crippen LogP contribution in [0.1, 0.15) is 15.9 Å². The van der Waals surface area contributed by atoms with Crippen LogP contribution < -0.4 is 4.90 Å². The number of thioether (sulfide) groups is 1. The zero-order valence-corrected chi connectivity index (χ0v) is 12.7. The maximum atomic E-state index is 12.8. The molecule has 0 aliphatic carbocycles. The number of pyridine rings is 1. The number of rotatable bonds is 2. The minimum absolute atomic E-state index is 0.0383. The van der Waals surface area contributed by atoms with Crippen molar-refractivity contribution in [1.29, 1.82) is 0 Å². The van der Waals surface area contributed by atoms with E-state index in [1.54, 1.807) is 48.0 Å². The van der Waals surface area contributed by atoms with Crippen molar-refractivity contribution in [3.8, 4) is 0 Å². The van der Waals surface area contributed by atoms with Gasteiger partial charge in [0, 0.05) is 35.7 Å². The lowest BCUT2D eigenvalue weighted by Crippen LogP contribution is -2.36. The van der Waals surface area contributed by atoms with E-state index in [1.807, 2.05) is 6.07 Å². The molecule has 112 valence electrons. The van der Waals surface area contributed by atoms with Crippen molar-refractivity contribution >= 4 is 29.0 Å². The van der Waals surface area contributed by atoms with Crippen molar-refractivity contribution in [2.75, 3.05) is 17.2 Å². The smallest absolute Gasteiger partial charge is 0.273 e. The Morgan fingerprint density at radius 2 is 2.18 bits per heavy atom. The Hall–Kier alpha value is -2.41. The number of fused-ring (bicyclic) bond motifs is 1. The summed E-state index contributed by atoms with van der Waals surface area (Å²) in [6.07, 6.45) is 1.69. The number of hydrogen-bond acceptors (Lipinski definition) is 5. The van der Waals surface area contributed by atoms with Gasteiger partial charge in [0.25, 0.3) is 11.6 Å². The van der Waals surface area contributed by atoms with E-state index in [2.05, 4.69) is 4.98 Å². The van der Waals surface area contributed by atoms with E-state index in [4.69, 9.17) is 0 Å². The molecule has 1 aliphatic rings. The second-order valence-electron chi connectivity index (χ2n) is 4.84. The van der Waals surface area contributed by atoms with Crippen LogP contribution in [0.2, 0.25) is 0 Å². The molecule has 0 saturated heterocycles. The van der Waals surface area contributed by atoms with E-state index in [9.17, 15) is 14.9 Å². The first-order chi connectivity index (χ1) is 10.6. The van der Waals surface area contributed by atoms with Gasteiger partial charge in [-0.15, -0.1) is 11.8 Å². The molecule has 6 nitrogen and oxygen atoms in total.